The lowest BCUT2D eigenvalue weighted by molar-refractivity contribution is -0.117. The van der Waals surface area contributed by atoms with Crippen LogP contribution in [0.4, 0.5) is 11.4 Å². The molecule has 1 fully saturated rings. The summed E-state index contributed by atoms with van der Waals surface area (Å²) in [6.45, 7) is 3.06. The Bertz CT molecular complexity index is 838. The van der Waals surface area contributed by atoms with Crippen LogP contribution in [0.3, 0.4) is 0 Å². The highest BCUT2D eigenvalue weighted by Gasteiger charge is 2.24. The van der Waals surface area contributed by atoms with Gasteiger partial charge in [0, 0.05) is 24.4 Å². The molecule has 0 aliphatic carbocycles. The molecule has 0 radical (unpaired) electrons. The molecule has 1 N–H and O–H groups in total. The van der Waals surface area contributed by atoms with Gasteiger partial charge in [0.2, 0.25) is 11.8 Å². The first-order chi connectivity index (χ1) is 13.0. The SMILES string of the molecule is Cc1cc(OCCCC(=O)Nc2ccccc2N2CCCC2=O)ccc1Cl. The van der Waals surface area contributed by atoms with E-state index in [0.717, 1.165) is 23.4 Å². The molecular formula is C21H23ClN2O3. The smallest absolute Gasteiger partial charge is 0.227 e. The second-order valence-electron chi connectivity index (χ2n) is 6.58. The summed E-state index contributed by atoms with van der Waals surface area (Å²) < 4.78 is 5.67. The van der Waals surface area contributed by atoms with Gasteiger partial charge < -0.3 is 15.0 Å². The fraction of sp³-hybridized carbons (Fsp3) is 0.333. The first-order valence-electron chi connectivity index (χ1n) is 9.13. The maximum absolute atomic E-state index is 12.3. The monoisotopic (exact) mass is 386 g/mol. The number of hydrogen-bond donors (Lipinski definition) is 1. The molecule has 3 rings (SSSR count). The van der Waals surface area contributed by atoms with Crippen molar-refractivity contribution >= 4 is 34.8 Å². The predicted octanol–water partition coefficient (Wildman–Crippen LogP) is 4.57. The molecule has 1 aliphatic rings. The summed E-state index contributed by atoms with van der Waals surface area (Å²) >= 11 is 6.00. The second kappa shape index (κ2) is 8.91. The molecule has 0 bridgehead atoms. The van der Waals surface area contributed by atoms with Gasteiger partial charge in [0.25, 0.3) is 0 Å². The summed E-state index contributed by atoms with van der Waals surface area (Å²) in [4.78, 5) is 26.0. The largest absolute Gasteiger partial charge is 0.494 e. The third-order valence-corrected chi connectivity index (χ3v) is 4.91. The molecule has 6 heteroatoms. The van der Waals surface area contributed by atoms with Gasteiger partial charge in [0.15, 0.2) is 0 Å². The third kappa shape index (κ3) is 5.01. The average Bonchev–Trinajstić information content (AvgIpc) is 3.08. The van der Waals surface area contributed by atoms with Crippen LogP contribution in [0.1, 0.15) is 31.2 Å². The Labute approximate surface area is 164 Å². The van der Waals surface area contributed by atoms with Crippen molar-refractivity contribution in [3.8, 4) is 5.75 Å². The molecule has 2 aromatic rings. The van der Waals surface area contributed by atoms with Crippen LogP contribution in [0.15, 0.2) is 42.5 Å². The minimum atomic E-state index is -0.0926. The molecule has 0 spiro atoms. The van der Waals surface area contributed by atoms with Crippen LogP contribution in [0.25, 0.3) is 0 Å². The molecule has 5 nitrogen and oxygen atoms in total. The van der Waals surface area contributed by atoms with Gasteiger partial charge in [-0.2, -0.15) is 0 Å². The Morgan fingerprint density at radius 3 is 2.81 bits per heavy atom. The number of amides is 2. The van der Waals surface area contributed by atoms with Crippen molar-refractivity contribution in [2.45, 2.75) is 32.6 Å². The van der Waals surface area contributed by atoms with E-state index in [0.29, 0.717) is 43.1 Å². The highest BCUT2D eigenvalue weighted by Crippen LogP contribution is 2.29. The van der Waals surface area contributed by atoms with Crippen LogP contribution in [0, 0.1) is 6.92 Å². The Kier molecular flexibility index (Phi) is 6.35. The number of carbonyl (C=O) groups excluding carboxylic acids is 2. The molecule has 0 aromatic heterocycles. The van der Waals surface area contributed by atoms with Crippen molar-refractivity contribution in [2.75, 3.05) is 23.4 Å². The van der Waals surface area contributed by atoms with Crippen LogP contribution in [0.2, 0.25) is 5.02 Å². The quantitative estimate of drug-likeness (QED) is 0.709. The van der Waals surface area contributed by atoms with Gasteiger partial charge in [-0.15, -0.1) is 0 Å². The lowest BCUT2D eigenvalue weighted by Crippen LogP contribution is -2.25. The summed E-state index contributed by atoms with van der Waals surface area (Å²) in [7, 11) is 0. The summed E-state index contributed by atoms with van der Waals surface area (Å²) in [6, 6.07) is 12.9. The second-order valence-corrected chi connectivity index (χ2v) is 6.98. The topological polar surface area (TPSA) is 58.6 Å². The number of rotatable bonds is 7. The van der Waals surface area contributed by atoms with Crippen LogP contribution in [-0.4, -0.2) is 25.0 Å². The first kappa shape index (κ1) is 19.2. The van der Waals surface area contributed by atoms with Crippen molar-refractivity contribution < 1.29 is 14.3 Å². The third-order valence-electron chi connectivity index (χ3n) is 4.49. The van der Waals surface area contributed by atoms with E-state index in [1.54, 1.807) is 11.0 Å². The Morgan fingerprint density at radius 2 is 2.07 bits per heavy atom. The number of benzene rings is 2. The minimum absolute atomic E-state index is 0.0926. The van der Waals surface area contributed by atoms with Gasteiger partial charge in [-0.25, -0.2) is 0 Å². The number of nitrogens with one attached hydrogen (secondary N) is 1. The van der Waals surface area contributed by atoms with Crippen molar-refractivity contribution in [2.24, 2.45) is 0 Å². The zero-order valence-corrected chi connectivity index (χ0v) is 16.1. The lowest BCUT2D eigenvalue weighted by atomic mass is 10.2. The highest BCUT2D eigenvalue weighted by atomic mass is 35.5. The van der Waals surface area contributed by atoms with Crippen LogP contribution in [-0.2, 0) is 9.59 Å². The number of aryl methyl sites for hydroxylation is 1. The van der Waals surface area contributed by atoms with E-state index >= 15 is 0 Å². The molecule has 1 heterocycles. The van der Waals surface area contributed by atoms with E-state index in [-0.39, 0.29) is 11.8 Å². The van der Waals surface area contributed by atoms with Crippen molar-refractivity contribution in [3.63, 3.8) is 0 Å². The average molecular weight is 387 g/mol. The van der Waals surface area contributed by atoms with Gasteiger partial charge in [0.1, 0.15) is 5.75 Å². The van der Waals surface area contributed by atoms with Gasteiger partial charge >= 0.3 is 0 Å². The number of ether oxygens (including phenoxy) is 1. The Hall–Kier alpha value is -2.53. The van der Waals surface area contributed by atoms with Crippen LogP contribution < -0.4 is 15.0 Å². The van der Waals surface area contributed by atoms with E-state index in [9.17, 15) is 9.59 Å². The van der Waals surface area contributed by atoms with E-state index in [2.05, 4.69) is 5.32 Å². The molecule has 142 valence electrons. The van der Waals surface area contributed by atoms with Crippen molar-refractivity contribution in [3.05, 3.63) is 53.1 Å². The van der Waals surface area contributed by atoms with Crippen molar-refractivity contribution in [1.29, 1.82) is 0 Å². The van der Waals surface area contributed by atoms with E-state index in [1.807, 2.05) is 43.3 Å². The molecule has 0 saturated carbocycles. The summed E-state index contributed by atoms with van der Waals surface area (Å²) in [5, 5.41) is 3.62. The molecule has 2 aromatic carbocycles. The maximum Gasteiger partial charge on any atom is 0.227 e. The fourth-order valence-corrected chi connectivity index (χ4v) is 3.18. The minimum Gasteiger partial charge on any atom is -0.494 e. The fourth-order valence-electron chi connectivity index (χ4n) is 3.06. The Morgan fingerprint density at radius 1 is 1.26 bits per heavy atom. The summed E-state index contributed by atoms with van der Waals surface area (Å²) in [5.74, 6) is 0.753. The number of anilines is 2. The first-order valence-corrected chi connectivity index (χ1v) is 9.50. The molecule has 0 atom stereocenters. The zero-order chi connectivity index (χ0) is 19.2. The number of halogens is 1. The molecule has 1 aliphatic heterocycles. The number of para-hydroxylation sites is 2. The number of carbonyl (C=O) groups is 2. The molecule has 1 saturated heterocycles. The maximum atomic E-state index is 12.3. The highest BCUT2D eigenvalue weighted by molar-refractivity contribution is 6.31. The number of hydrogen-bond acceptors (Lipinski definition) is 3. The molecule has 0 unspecified atom stereocenters. The Balaban J connectivity index is 1.50. The normalized spacial score (nSPS) is 13.7. The standard InChI is InChI=1S/C21H23ClN2O3/c1-15-14-16(10-11-17(15)22)27-13-5-8-20(25)23-18-6-2-3-7-19(18)24-12-4-9-21(24)26/h2-3,6-7,10-11,14H,4-5,8-9,12-13H2,1H3,(H,23,25). The summed E-state index contributed by atoms with van der Waals surface area (Å²) in [6.07, 6.45) is 2.35. The van der Waals surface area contributed by atoms with Gasteiger partial charge in [-0.1, -0.05) is 23.7 Å². The van der Waals surface area contributed by atoms with E-state index < -0.39 is 0 Å². The molecule has 27 heavy (non-hydrogen) atoms. The predicted molar refractivity (Wildman–Crippen MR) is 108 cm³/mol. The van der Waals surface area contributed by atoms with E-state index in [4.69, 9.17) is 16.3 Å². The van der Waals surface area contributed by atoms with Gasteiger partial charge in [-0.05, 0) is 55.7 Å². The van der Waals surface area contributed by atoms with Crippen molar-refractivity contribution in [1.82, 2.24) is 0 Å². The van der Waals surface area contributed by atoms with Gasteiger partial charge in [-0.3, -0.25) is 9.59 Å². The van der Waals surface area contributed by atoms with Crippen LogP contribution >= 0.6 is 11.6 Å². The molecular weight excluding hydrogens is 364 g/mol. The number of nitrogens with zero attached hydrogens (tertiary/aromatic N) is 1. The van der Waals surface area contributed by atoms with E-state index in [1.165, 1.54) is 0 Å². The lowest BCUT2D eigenvalue weighted by Gasteiger charge is -2.20. The van der Waals surface area contributed by atoms with Crippen LogP contribution in [0.5, 0.6) is 5.75 Å². The zero-order valence-electron chi connectivity index (χ0n) is 15.3. The molecule has 2 amide bonds. The summed E-state index contributed by atoms with van der Waals surface area (Å²) in [5.41, 5.74) is 2.40. The van der Waals surface area contributed by atoms with Gasteiger partial charge in [0.05, 0.1) is 18.0 Å².